The first kappa shape index (κ1) is 52.4. The molecule has 0 heterocycles. The highest BCUT2D eigenvalue weighted by atomic mass is 28.4. The van der Waals surface area contributed by atoms with Crippen LogP contribution in [0.3, 0.4) is 0 Å². The summed E-state index contributed by atoms with van der Waals surface area (Å²) in [7, 11) is -3.46. The molecular formula is C50H98OSi2. The number of hydrogen-bond acceptors (Lipinski definition) is 1. The highest BCUT2D eigenvalue weighted by molar-refractivity contribution is 6.86. The van der Waals surface area contributed by atoms with E-state index in [0.717, 1.165) is 0 Å². The van der Waals surface area contributed by atoms with Gasteiger partial charge in [0.2, 0.25) is 0 Å². The summed E-state index contributed by atoms with van der Waals surface area (Å²) in [5.74, 6) is 0. The molecule has 0 spiro atoms. The van der Waals surface area contributed by atoms with Crippen LogP contribution in [0.25, 0.3) is 0 Å². The third-order valence-corrected chi connectivity index (χ3v) is 21.5. The molecule has 0 aliphatic carbocycles. The topological polar surface area (TPSA) is 9.23 Å². The fourth-order valence-corrected chi connectivity index (χ4v) is 19.3. The van der Waals surface area contributed by atoms with E-state index in [9.17, 15) is 0 Å². The maximum absolute atomic E-state index is 7.80. The minimum absolute atomic E-state index is 1.19. The molecule has 0 bridgehead atoms. The molecule has 1 nitrogen and oxygen atoms in total. The van der Waals surface area contributed by atoms with Crippen molar-refractivity contribution < 1.29 is 4.12 Å². The summed E-state index contributed by atoms with van der Waals surface area (Å²) >= 11 is 0. The van der Waals surface area contributed by atoms with Gasteiger partial charge < -0.3 is 4.12 Å². The summed E-state index contributed by atoms with van der Waals surface area (Å²) in [6.07, 6.45) is 58.0. The molecule has 0 aliphatic rings. The maximum Gasteiger partial charge on any atom is 0.176 e. The van der Waals surface area contributed by atoms with Crippen LogP contribution in [0.2, 0.25) is 37.3 Å². The Bertz CT molecular complexity index is 670. The summed E-state index contributed by atoms with van der Waals surface area (Å²) in [5.41, 5.74) is 0. The monoisotopic (exact) mass is 771 g/mol. The van der Waals surface area contributed by atoms with E-state index in [4.69, 9.17) is 4.12 Å². The summed E-state index contributed by atoms with van der Waals surface area (Å²) in [4.78, 5) is 0. The van der Waals surface area contributed by atoms with Crippen molar-refractivity contribution in [3.63, 3.8) is 0 Å². The Labute approximate surface area is 338 Å². The van der Waals surface area contributed by atoms with E-state index in [1.807, 2.05) is 0 Å². The van der Waals surface area contributed by atoms with Crippen molar-refractivity contribution in [1.82, 2.24) is 0 Å². The van der Waals surface area contributed by atoms with Crippen molar-refractivity contribution in [1.29, 1.82) is 0 Å². The lowest BCUT2D eigenvalue weighted by Crippen LogP contribution is -2.48. The van der Waals surface area contributed by atoms with Crippen molar-refractivity contribution in [2.24, 2.45) is 0 Å². The first-order chi connectivity index (χ1) is 25.9. The maximum atomic E-state index is 7.80. The van der Waals surface area contributed by atoms with E-state index in [2.05, 4.69) is 63.7 Å². The Kier molecular flexibility index (Phi) is 40.5. The van der Waals surface area contributed by atoms with Gasteiger partial charge in [0.15, 0.2) is 16.6 Å². The van der Waals surface area contributed by atoms with Gasteiger partial charge in [-0.25, -0.2) is 0 Å². The first-order valence-electron chi connectivity index (χ1n) is 24.1. The highest BCUT2D eigenvalue weighted by Crippen LogP contribution is 2.34. The number of unbranched alkanes of at least 4 members (excludes halogenated alkanes) is 32. The molecule has 0 atom stereocenters. The number of hydrogen-bond donors (Lipinski definition) is 0. The Morgan fingerprint density at radius 1 is 0.264 bits per heavy atom. The molecule has 0 aromatic carbocycles. The number of rotatable bonds is 46. The summed E-state index contributed by atoms with van der Waals surface area (Å²) < 4.78 is 7.80. The predicted octanol–water partition coefficient (Wildman–Crippen LogP) is 18.9. The van der Waals surface area contributed by atoms with Crippen molar-refractivity contribution in [2.75, 3.05) is 0 Å². The van der Waals surface area contributed by atoms with Crippen molar-refractivity contribution in [3.05, 3.63) is 50.6 Å². The summed E-state index contributed by atoms with van der Waals surface area (Å²) in [5, 5.41) is 0. The van der Waals surface area contributed by atoms with Crippen molar-refractivity contribution >= 4 is 16.6 Å². The van der Waals surface area contributed by atoms with Gasteiger partial charge in [0, 0.05) is 0 Å². The van der Waals surface area contributed by atoms with Gasteiger partial charge in [-0.3, -0.25) is 0 Å². The third kappa shape index (κ3) is 38.0. The van der Waals surface area contributed by atoms with Gasteiger partial charge in [-0.2, -0.15) is 0 Å². The molecular weight excluding hydrogens is 673 g/mol. The van der Waals surface area contributed by atoms with Crippen molar-refractivity contribution in [2.45, 2.75) is 268 Å². The molecule has 0 aliphatic heterocycles. The van der Waals surface area contributed by atoms with Crippen LogP contribution in [0, 0.1) is 0 Å². The fraction of sp³-hybridized carbons (Fsp3) is 0.840. The van der Waals surface area contributed by atoms with Gasteiger partial charge >= 0.3 is 0 Å². The van der Waals surface area contributed by atoms with E-state index in [0.29, 0.717) is 0 Å². The van der Waals surface area contributed by atoms with E-state index < -0.39 is 16.6 Å². The van der Waals surface area contributed by atoms with Crippen LogP contribution in [-0.2, 0) is 4.12 Å². The zero-order valence-corrected chi connectivity index (χ0v) is 38.8. The summed E-state index contributed by atoms with van der Waals surface area (Å²) in [6, 6.07) is 5.65. The lowest BCUT2D eigenvalue weighted by Gasteiger charge is -2.39. The van der Waals surface area contributed by atoms with Gasteiger partial charge in [0.25, 0.3) is 0 Å². The van der Waals surface area contributed by atoms with Crippen LogP contribution in [0.4, 0.5) is 0 Å². The van der Waals surface area contributed by atoms with Crippen LogP contribution in [-0.4, -0.2) is 16.6 Å². The van der Waals surface area contributed by atoms with Gasteiger partial charge in [-0.05, 0) is 88.6 Å². The molecule has 0 fully saturated rings. The molecule has 0 unspecified atom stereocenters. The SMILES string of the molecule is C=CCCCCCCCCCC[Si](C)(CCCCCCCCCCC=C)O[Si](C)(CCCCCCCCCCC=C)CCCCCCCCCCC=C. The molecule has 0 aromatic heterocycles. The third-order valence-electron chi connectivity index (χ3n) is 11.9. The Balaban J connectivity index is 5.11. The Hall–Kier alpha value is -0.646. The average molecular weight is 772 g/mol. The van der Waals surface area contributed by atoms with Gasteiger partial charge in [0.1, 0.15) is 0 Å². The second-order valence-corrected chi connectivity index (χ2v) is 26.2. The zero-order chi connectivity index (χ0) is 38.8. The van der Waals surface area contributed by atoms with E-state index in [-0.39, 0.29) is 0 Å². The van der Waals surface area contributed by atoms with Crippen LogP contribution < -0.4 is 0 Å². The van der Waals surface area contributed by atoms with E-state index in [1.54, 1.807) is 0 Å². The molecule has 0 amide bonds. The summed E-state index contributed by atoms with van der Waals surface area (Å²) in [6.45, 7) is 20.9. The molecule has 0 saturated carbocycles. The van der Waals surface area contributed by atoms with Crippen LogP contribution in [0.1, 0.15) is 231 Å². The largest absolute Gasteiger partial charge is 0.455 e. The fourth-order valence-electron chi connectivity index (χ4n) is 8.44. The minimum atomic E-state index is -1.73. The molecule has 0 rings (SSSR count). The second kappa shape index (κ2) is 41.0. The average Bonchev–Trinajstić information content (AvgIpc) is 3.14. The second-order valence-electron chi connectivity index (χ2n) is 17.6. The van der Waals surface area contributed by atoms with Crippen molar-refractivity contribution in [3.8, 4) is 0 Å². The normalized spacial score (nSPS) is 12.0. The number of allylic oxidation sites excluding steroid dienone is 4. The molecule has 0 aromatic rings. The zero-order valence-electron chi connectivity index (χ0n) is 36.8. The first-order valence-corrected chi connectivity index (χ1v) is 29.7. The van der Waals surface area contributed by atoms with E-state index in [1.165, 1.54) is 255 Å². The molecule has 312 valence electrons. The standard InChI is InChI=1S/C50H98OSi2/c1-7-11-15-19-23-27-31-35-39-43-47-52(5,48-44-40-36-32-28-24-20-16-12-8-2)51-53(6,49-45-41-37-33-29-25-21-17-13-9-3)50-46-42-38-34-30-26-22-18-14-10-4/h7-10H,1-4,11-50H2,5-6H3. The van der Waals surface area contributed by atoms with Crippen LogP contribution >= 0.6 is 0 Å². The lowest BCUT2D eigenvalue weighted by atomic mass is 10.1. The molecule has 3 heteroatoms. The Morgan fingerprint density at radius 2 is 0.415 bits per heavy atom. The molecule has 53 heavy (non-hydrogen) atoms. The highest BCUT2D eigenvalue weighted by Gasteiger charge is 2.38. The van der Waals surface area contributed by atoms with Gasteiger partial charge in [0.05, 0.1) is 0 Å². The quantitative estimate of drug-likeness (QED) is 0.0340. The predicted molar refractivity (Wildman–Crippen MR) is 251 cm³/mol. The van der Waals surface area contributed by atoms with E-state index >= 15 is 0 Å². The smallest absolute Gasteiger partial charge is 0.176 e. The molecule has 0 N–H and O–H groups in total. The molecule has 0 saturated heterocycles. The Morgan fingerprint density at radius 3 is 0.585 bits per heavy atom. The molecule has 0 radical (unpaired) electrons. The van der Waals surface area contributed by atoms with Crippen LogP contribution in [0.15, 0.2) is 50.6 Å². The van der Waals surface area contributed by atoms with Gasteiger partial charge in [-0.1, -0.05) is 204 Å². The lowest BCUT2D eigenvalue weighted by molar-refractivity contribution is 0.486. The minimum Gasteiger partial charge on any atom is -0.455 e. The van der Waals surface area contributed by atoms with Crippen LogP contribution in [0.5, 0.6) is 0 Å². The van der Waals surface area contributed by atoms with Gasteiger partial charge in [-0.15, -0.1) is 26.3 Å².